The summed E-state index contributed by atoms with van der Waals surface area (Å²) in [7, 11) is 1.84. The summed E-state index contributed by atoms with van der Waals surface area (Å²) in [6.07, 6.45) is 3.61. The molecule has 0 bridgehead atoms. The summed E-state index contributed by atoms with van der Waals surface area (Å²) in [5.74, 6) is 0.597. The second-order valence-corrected chi connectivity index (χ2v) is 6.80. The van der Waals surface area contributed by atoms with Crippen molar-refractivity contribution in [2.45, 2.75) is 31.8 Å². The Bertz CT molecular complexity index is 760. The number of benzene rings is 1. The molecule has 0 radical (unpaired) electrons. The third kappa shape index (κ3) is 3.03. The van der Waals surface area contributed by atoms with Gasteiger partial charge in [0.15, 0.2) is 0 Å². The molecule has 2 aliphatic rings. The molecular formula is C18H23N3O2. The average molecular weight is 313 g/mol. The molecule has 5 heteroatoms. The molecule has 1 aromatic carbocycles. The number of hydrogen-bond acceptors (Lipinski definition) is 4. The zero-order valence-corrected chi connectivity index (χ0v) is 13.6. The van der Waals surface area contributed by atoms with Crippen LogP contribution in [0.15, 0.2) is 29.1 Å². The van der Waals surface area contributed by atoms with Gasteiger partial charge in [-0.3, -0.25) is 9.69 Å². The maximum Gasteiger partial charge on any atom is 0.273 e. The summed E-state index contributed by atoms with van der Waals surface area (Å²) in [5, 5.41) is 0. The fraction of sp³-hybridized carbons (Fsp3) is 0.556. The van der Waals surface area contributed by atoms with Crippen LogP contribution in [0, 0.1) is 5.92 Å². The molecule has 23 heavy (non-hydrogen) atoms. The lowest BCUT2D eigenvalue weighted by atomic mass is 10.1. The van der Waals surface area contributed by atoms with Gasteiger partial charge in [-0.1, -0.05) is 12.1 Å². The average Bonchev–Trinajstić information content (AvgIpc) is 3.29. The Kier molecular flexibility index (Phi) is 3.91. The summed E-state index contributed by atoms with van der Waals surface area (Å²) < 4.78 is 7.22. The SMILES string of the molecule is Cn1c(=O)c(CN(CC2CCOC2)C2CC2)nc2ccccc21. The van der Waals surface area contributed by atoms with Crippen LogP contribution in [0.5, 0.6) is 0 Å². The van der Waals surface area contributed by atoms with Crippen molar-refractivity contribution >= 4 is 11.0 Å². The predicted octanol–water partition coefficient (Wildman–Crippen LogP) is 1.93. The molecule has 1 aromatic heterocycles. The minimum atomic E-state index is 0.0250. The van der Waals surface area contributed by atoms with Crippen molar-refractivity contribution in [2.75, 3.05) is 19.8 Å². The van der Waals surface area contributed by atoms with Crippen LogP contribution < -0.4 is 5.56 Å². The highest BCUT2D eigenvalue weighted by atomic mass is 16.5. The van der Waals surface area contributed by atoms with Crippen molar-refractivity contribution in [1.82, 2.24) is 14.5 Å². The standard InChI is InChI=1S/C18H23N3O2/c1-20-17-5-3-2-4-15(17)19-16(18(20)22)11-21(14-6-7-14)10-13-8-9-23-12-13/h2-5,13-14H,6-12H2,1H3. The zero-order chi connectivity index (χ0) is 15.8. The van der Waals surface area contributed by atoms with Gasteiger partial charge in [0.05, 0.1) is 17.6 Å². The number of aryl methyl sites for hydroxylation is 1. The number of para-hydroxylation sites is 2. The van der Waals surface area contributed by atoms with Crippen LogP contribution in [0.2, 0.25) is 0 Å². The largest absolute Gasteiger partial charge is 0.381 e. The van der Waals surface area contributed by atoms with Gasteiger partial charge in [0.25, 0.3) is 5.56 Å². The van der Waals surface area contributed by atoms with Gasteiger partial charge in [-0.05, 0) is 37.3 Å². The van der Waals surface area contributed by atoms with Crippen molar-refractivity contribution in [3.8, 4) is 0 Å². The number of aromatic nitrogens is 2. The quantitative estimate of drug-likeness (QED) is 0.846. The Morgan fingerprint density at radius 3 is 2.87 bits per heavy atom. The molecule has 0 spiro atoms. The topological polar surface area (TPSA) is 47.4 Å². The first kappa shape index (κ1) is 14.8. The Hall–Kier alpha value is -1.72. The van der Waals surface area contributed by atoms with Crippen LogP contribution in [0.4, 0.5) is 0 Å². The smallest absolute Gasteiger partial charge is 0.273 e. The Labute approximate surface area is 135 Å². The lowest BCUT2D eigenvalue weighted by Crippen LogP contribution is -2.35. The first-order valence-corrected chi connectivity index (χ1v) is 8.49. The molecule has 1 unspecified atom stereocenters. The summed E-state index contributed by atoms with van der Waals surface area (Å²) in [5.41, 5.74) is 2.47. The monoisotopic (exact) mass is 313 g/mol. The minimum Gasteiger partial charge on any atom is -0.381 e. The molecule has 122 valence electrons. The molecular weight excluding hydrogens is 290 g/mol. The van der Waals surface area contributed by atoms with Crippen molar-refractivity contribution in [1.29, 1.82) is 0 Å². The lowest BCUT2D eigenvalue weighted by molar-refractivity contribution is 0.160. The van der Waals surface area contributed by atoms with E-state index in [2.05, 4.69) is 9.88 Å². The van der Waals surface area contributed by atoms with Crippen LogP contribution in [-0.4, -0.2) is 40.3 Å². The van der Waals surface area contributed by atoms with Crippen LogP contribution >= 0.6 is 0 Å². The van der Waals surface area contributed by atoms with Crippen molar-refractivity contribution < 1.29 is 4.74 Å². The third-order valence-electron chi connectivity index (χ3n) is 4.98. The van der Waals surface area contributed by atoms with Crippen LogP contribution in [0.25, 0.3) is 11.0 Å². The Balaban J connectivity index is 1.62. The van der Waals surface area contributed by atoms with E-state index in [0.717, 1.165) is 37.2 Å². The normalized spacial score (nSPS) is 21.4. The first-order chi connectivity index (χ1) is 11.2. The molecule has 2 heterocycles. The Morgan fingerprint density at radius 1 is 1.30 bits per heavy atom. The third-order valence-corrected chi connectivity index (χ3v) is 4.98. The number of rotatable bonds is 5. The molecule has 2 fully saturated rings. The molecule has 0 amide bonds. The highest BCUT2D eigenvalue weighted by Crippen LogP contribution is 2.30. The summed E-state index contributed by atoms with van der Waals surface area (Å²) >= 11 is 0. The van der Waals surface area contributed by atoms with Gasteiger partial charge < -0.3 is 9.30 Å². The van der Waals surface area contributed by atoms with E-state index in [-0.39, 0.29) is 5.56 Å². The first-order valence-electron chi connectivity index (χ1n) is 8.49. The number of fused-ring (bicyclic) bond motifs is 1. The van der Waals surface area contributed by atoms with Gasteiger partial charge in [-0.25, -0.2) is 4.98 Å². The number of hydrogen-bond donors (Lipinski definition) is 0. The van der Waals surface area contributed by atoms with Gasteiger partial charge in [0.2, 0.25) is 0 Å². The molecule has 1 atom stereocenters. The van der Waals surface area contributed by atoms with Gasteiger partial charge in [-0.2, -0.15) is 0 Å². The second-order valence-electron chi connectivity index (χ2n) is 6.80. The molecule has 0 N–H and O–H groups in total. The summed E-state index contributed by atoms with van der Waals surface area (Å²) in [6, 6.07) is 8.46. The molecule has 1 saturated heterocycles. The number of ether oxygens (including phenoxy) is 1. The van der Waals surface area contributed by atoms with Crippen molar-refractivity contribution in [3.05, 3.63) is 40.3 Å². The van der Waals surface area contributed by atoms with E-state index < -0.39 is 0 Å². The lowest BCUT2D eigenvalue weighted by Gasteiger charge is -2.24. The van der Waals surface area contributed by atoms with Gasteiger partial charge in [0.1, 0.15) is 5.69 Å². The fourth-order valence-electron chi connectivity index (χ4n) is 3.48. The van der Waals surface area contributed by atoms with Crippen LogP contribution in [0.1, 0.15) is 25.0 Å². The van der Waals surface area contributed by atoms with Crippen LogP contribution in [0.3, 0.4) is 0 Å². The van der Waals surface area contributed by atoms with E-state index in [9.17, 15) is 4.79 Å². The van der Waals surface area contributed by atoms with E-state index in [1.165, 1.54) is 12.8 Å². The van der Waals surface area contributed by atoms with E-state index in [0.29, 0.717) is 24.2 Å². The van der Waals surface area contributed by atoms with Crippen molar-refractivity contribution in [2.24, 2.45) is 13.0 Å². The molecule has 5 nitrogen and oxygen atoms in total. The Morgan fingerprint density at radius 2 is 2.13 bits per heavy atom. The van der Waals surface area contributed by atoms with E-state index in [1.54, 1.807) is 4.57 Å². The molecule has 1 saturated carbocycles. The summed E-state index contributed by atoms with van der Waals surface area (Å²) in [4.78, 5) is 19.7. The fourth-order valence-corrected chi connectivity index (χ4v) is 3.48. The maximum atomic E-state index is 12.6. The highest BCUT2D eigenvalue weighted by Gasteiger charge is 2.32. The predicted molar refractivity (Wildman–Crippen MR) is 89.3 cm³/mol. The van der Waals surface area contributed by atoms with Crippen LogP contribution in [-0.2, 0) is 18.3 Å². The minimum absolute atomic E-state index is 0.0250. The van der Waals surface area contributed by atoms with E-state index >= 15 is 0 Å². The molecule has 2 aromatic rings. The van der Waals surface area contributed by atoms with E-state index in [4.69, 9.17) is 4.74 Å². The van der Waals surface area contributed by atoms with E-state index in [1.807, 2.05) is 31.3 Å². The summed E-state index contributed by atoms with van der Waals surface area (Å²) in [6.45, 7) is 3.40. The number of nitrogens with zero attached hydrogens (tertiary/aromatic N) is 3. The van der Waals surface area contributed by atoms with Gasteiger partial charge in [0, 0.05) is 32.8 Å². The highest BCUT2D eigenvalue weighted by molar-refractivity contribution is 5.74. The molecule has 1 aliphatic heterocycles. The zero-order valence-electron chi connectivity index (χ0n) is 13.6. The maximum absolute atomic E-state index is 12.6. The molecule has 1 aliphatic carbocycles. The van der Waals surface area contributed by atoms with Gasteiger partial charge >= 0.3 is 0 Å². The van der Waals surface area contributed by atoms with Crippen molar-refractivity contribution in [3.63, 3.8) is 0 Å². The second kappa shape index (κ2) is 6.06. The molecule has 4 rings (SSSR count). The van der Waals surface area contributed by atoms with Gasteiger partial charge in [-0.15, -0.1) is 0 Å².